The number of rotatable bonds is 7. The Morgan fingerprint density at radius 1 is 1.05 bits per heavy atom. The molecule has 0 unspecified atom stereocenters. The number of primary amides is 1. The number of amides is 2. The molecular formula is C24H18Cl2N10O2. The predicted octanol–water partition coefficient (Wildman–Crippen LogP) is 3.33. The van der Waals surface area contributed by atoms with Gasteiger partial charge in [0.05, 0.1) is 22.0 Å². The zero-order valence-electron chi connectivity index (χ0n) is 19.7. The third-order valence-corrected chi connectivity index (χ3v) is 5.94. The Bertz CT molecular complexity index is 1670. The number of carbonyl (C=O) groups is 2. The van der Waals surface area contributed by atoms with Gasteiger partial charge in [-0.3, -0.25) is 14.6 Å². The number of aryl methyl sites for hydroxylation is 1. The minimum Gasteiger partial charge on any atom is -0.366 e. The second-order valence-corrected chi connectivity index (χ2v) is 8.93. The van der Waals surface area contributed by atoms with Crippen LogP contribution in [-0.2, 0) is 6.54 Å². The quantitative estimate of drug-likeness (QED) is 0.313. The first kappa shape index (κ1) is 25.0. The van der Waals surface area contributed by atoms with Crippen molar-refractivity contribution in [2.24, 2.45) is 5.73 Å². The van der Waals surface area contributed by atoms with Crippen LogP contribution in [0.1, 0.15) is 32.1 Å². The molecular weight excluding hydrogens is 531 g/mol. The molecule has 38 heavy (non-hydrogen) atoms. The summed E-state index contributed by atoms with van der Waals surface area (Å²) in [6, 6.07) is 11.4. The largest absolute Gasteiger partial charge is 0.366 e. The molecule has 5 aromatic rings. The SMILES string of the molecule is Cc1cc(Cl)cc(C(N)=O)c1NC(=O)c1cc(Cn2nnc(-c3ccncc3)n2)nn1-c1ncccc1Cl. The van der Waals surface area contributed by atoms with Crippen molar-refractivity contribution in [3.63, 3.8) is 0 Å². The molecule has 0 aliphatic carbocycles. The molecule has 4 heterocycles. The van der Waals surface area contributed by atoms with E-state index in [4.69, 9.17) is 28.9 Å². The average Bonchev–Trinajstić information content (AvgIpc) is 3.54. The van der Waals surface area contributed by atoms with Crippen LogP contribution in [0.2, 0.25) is 10.0 Å². The third kappa shape index (κ3) is 5.08. The number of benzene rings is 1. The van der Waals surface area contributed by atoms with Crippen LogP contribution < -0.4 is 11.1 Å². The fraction of sp³-hybridized carbons (Fsp3) is 0.0833. The zero-order chi connectivity index (χ0) is 26.8. The summed E-state index contributed by atoms with van der Waals surface area (Å²) in [5.41, 5.74) is 7.65. The van der Waals surface area contributed by atoms with Gasteiger partial charge in [0.1, 0.15) is 12.2 Å². The Morgan fingerprint density at radius 3 is 2.58 bits per heavy atom. The normalized spacial score (nSPS) is 10.9. The molecule has 0 radical (unpaired) electrons. The Balaban J connectivity index is 1.51. The molecule has 3 N–H and O–H groups in total. The zero-order valence-corrected chi connectivity index (χ0v) is 21.2. The average molecular weight is 549 g/mol. The fourth-order valence-electron chi connectivity index (χ4n) is 3.72. The topological polar surface area (TPSA) is 159 Å². The Kier molecular flexibility index (Phi) is 6.81. The maximum atomic E-state index is 13.5. The Morgan fingerprint density at radius 2 is 1.84 bits per heavy atom. The summed E-state index contributed by atoms with van der Waals surface area (Å²) in [4.78, 5) is 35.1. The van der Waals surface area contributed by atoms with Gasteiger partial charge in [0, 0.05) is 29.2 Å². The molecule has 0 bridgehead atoms. The number of halogens is 2. The van der Waals surface area contributed by atoms with Gasteiger partial charge in [-0.15, -0.1) is 10.2 Å². The van der Waals surface area contributed by atoms with Gasteiger partial charge in [-0.25, -0.2) is 9.67 Å². The van der Waals surface area contributed by atoms with Crippen molar-refractivity contribution < 1.29 is 9.59 Å². The molecule has 0 saturated heterocycles. The van der Waals surface area contributed by atoms with Gasteiger partial charge in [-0.05, 0) is 60.2 Å². The first-order chi connectivity index (χ1) is 18.3. The van der Waals surface area contributed by atoms with Gasteiger partial charge < -0.3 is 11.1 Å². The fourth-order valence-corrected chi connectivity index (χ4v) is 4.19. The highest BCUT2D eigenvalue weighted by Gasteiger charge is 2.23. The first-order valence-corrected chi connectivity index (χ1v) is 11.8. The highest BCUT2D eigenvalue weighted by atomic mass is 35.5. The van der Waals surface area contributed by atoms with Crippen LogP contribution in [0.4, 0.5) is 5.69 Å². The minimum atomic E-state index is -0.741. The molecule has 0 atom stereocenters. The van der Waals surface area contributed by atoms with Crippen LogP contribution in [0.15, 0.2) is 61.1 Å². The van der Waals surface area contributed by atoms with Gasteiger partial charge >= 0.3 is 0 Å². The van der Waals surface area contributed by atoms with E-state index in [1.54, 1.807) is 55.7 Å². The van der Waals surface area contributed by atoms with Crippen LogP contribution >= 0.6 is 23.2 Å². The molecule has 5 rings (SSSR count). The van der Waals surface area contributed by atoms with Gasteiger partial charge in [-0.2, -0.15) is 9.90 Å². The lowest BCUT2D eigenvalue weighted by Crippen LogP contribution is -2.21. The summed E-state index contributed by atoms with van der Waals surface area (Å²) in [5, 5.41) is 20.4. The van der Waals surface area contributed by atoms with E-state index in [9.17, 15) is 9.59 Å². The highest BCUT2D eigenvalue weighted by Crippen LogP contribution is 2.27. The highest BCUT2D eigenvalue weighted by molar-refractivity contribution is 6.32. The van der Waals surface area contributed by atoms with Crippen LogP contribution in [-0.4, -0.2) is 51.8 Å². The van der Waals surface area contributed by atoms with Crippen molar-refractivity contribution in [2.45, 2.75) is 13.5 Å². The number of pyridine rings is 2. The van der Waals surface area contributed by atoms with Crippen LogP contribution in [0.25, 0.3) is 17.2 Å². The lowest BCUT2D eigenvalue weighted by molar-refractivity contribution is 0.100. The van der Waals surface area contributed by atoms with Crippen molar-refractivity contribution in [1.29, 1.82) is 0 Å². The monoisotopic (exact) mass is 548 g/mol. The van der Waals surface area contributed by atoms with Gasteiger partial charge in [0.2, 0.25) is 5.82 Å². The Labute approximate surface area is 225 Å². The van der Waals surface area contributed by atoms with Crippen LogP contribution in [0.3, 0.4) is 0 Å². The number of carbonyl (C=O) groups excluding carboxylic acids is 2. The van der Waals surface area contributed by atoms with Crippen molar-refractivity contribution in [1.82, 2.24) is 40.0 Å². The number of nitrogens with one attached hydrogen (secondary N) is 1. The second kappa shape index (κ2) is 10.4. The van der Waals surface area contributed by atoms with E-state index in [0.717, 1.165) is 5.56 Å². The minimum absolute atomic E-state index is 0.0703. The van der Waals surface area contributed by atoms with E-state index in [-0.39, 0.29) is 34.3 Å². The molecule has 12 nitrogen and oxygen atoms in total. The molecule has 0 fully saturated rings. The van der Waals surface area contributed by atoms with Gasteiger partial charge in [0.15, 0.2) is 5.82 Å². The number of tetrazole rings is 1. The summed E-state index contributed by atoms with van der Waals surface area (Å²) >= 11 is 12.5. The molecule has 14 heteroatoms. The van der Waals surface area contributed by atoms with Crippen LogP contribution in [0.5, 0.6) is 0 Å². The van der Waals surface area contributed by atoms with E-state index in [1.807, 2.05) is 0 Å². The van der Waals surface area contributed by atoms with Gasteiger partial charge in [0.25, 0.3) is 11.8 Å². The van der Waals surface area contributed by atoms with E-state index in [1.165, 1.54) is 21.7 Å². The molecule has 190 valence electrons. The molecule has 0 saturated carbocycles. The smallest absolute Gasteiger partial charge is 0.274 e. The lowest BCUT2D eigenvalue weighted by atomic mass is 10.1. The van der Waals surface area contributed by atoms with Crippen molar-refractivity contribution >= 4 is 40.7 Å². The molecule has 1 aromatic carbocycles. The standard InChI is InChI=1S/C24H18Cl2N10O2/c1-13-9-15(25)10-17(21(27)37)20(13)30-24(38)19-11-16(32-36(19)23-18(26)3-2-6-29-23)12-35-33-22(31-34-35)14-4-7-28-8-5-14/h2-11H,12H2,1H3,(H2,27,37)(H,30,38). The maximum absolute atomic E-state index is 13.5. The number of aromatic nitrogens is 8. The summed E-state index contributed by atoms with van der Waals surface area (Å²) in [6.07, 6.45) is 4.79. The predicted molar refractivity (Wildman–Crippen MR) is 139 cm³/mol. The van der Waals surface area contributed by atoms with Crippen molar-refractivity contribution in [2.75, 3.05) is 5.32 Å². The molecule has 2 amide bonds. The molecule has 4 aromatic heterocycles. The lowest BCUT2D eigenvalue weighted by Gasteiger charge is -2.13. The van der Waals surface area contributed by atoms with Crippen molar-refractivity contribution in [3.05, 3.63) is 93.6 Å². The van der Waals surface area contributed by atoms with E-state index >= 15 is 0 Å². The number of anilines is 1. The molecule has 0 spiro atoms. The third-order valence-electron chi connectivity index (χ3n) is 5.43. The summed E-state index contributed by atoms with van der Waals surface area (Å²) in [7, 11) is 0. The summed E-state index contributed by atoms with van der Waals surface area (Å²) < 4.78 is 1.31. The number of hydrogen-bond donors (Lipinski definition) is 2. The van der Waals surface area contributed by atoms with Crippen LogP contribution in [0, 0.1) is 6.92 Å². The number of nitrogens with zero attached hydrogens (tertiary/aromatic N) is 8. The number of hydrogen-bond acceptors (Lipinski definition) is 8. The van der Waals surface area contributed by atoms with E-state index in [2.05, 4.69) is 35.8 Å². The Hall–Kier alpha value is -4.68. The van der Waals surface area contributed by atoms with E-state index in [0.29, 0.717) is 22.1 Å². The maximum Gasteiger partial charge on any atom is 0.274 e. The van der Waals surface area contributed by atoms with Crippen molar-refractivity contribution in [3.8, 4) is 17.2 Å². The number of nitrogens with two attached hydrogens (primary N) is 1. The molecule has 0 aliphatic heterocycles. The van der Waals surface area contributed by atoms with Gasteiger partial charge in [-0.1, -0.05) is 23.2 Å². The first-order valence-electron chi connectivity index (χ1n) is 11.1. The second-order valence-electron chi connectivity index (χ2n) is 8.08. The summed E-state index contributed by atoms with van der Waals surface area (Å²) in [5.74, 6) is -0.676. The van der Waals surface area contributed by atoms with E-state index < -0.39 is 11.8 Å². The summed E-state index contributed by atoms with van der Waals surface area (Å²) in [6.45, 7) is 1.80. The molecule has 0 aliphatic rings.